The summed E-state index contributed by atoms with van der Waals surface area (Å²) in [5.41, 5.74) is 0.813. The minimum atomic E-state index is 0.169. The molecular formula is C12H17Cl2NO. The standard InChI is InChI=1S/C12H17Cl2NO/c1-8(2)9(7-16)6-15-11-5-3-4-10(13)12(11)14/h3-5,8-9,15-16H,6-7H2,1-2H3. The molecule has 0 bridgehead atoms. The van der Waals surface area contributed by atoms with Crippen molar-refractivity contribution in [3.63, 3.8) is 0 Å². The number of rotatable bonds is 5. The predicted molar refractivity (Wildman–Crippen MR) is 70.4 cm³/mol. The molecule has 0 radical (unpaired) electrons. The van der Waals surface area contributed by atoms with Crippen molar-refractivity contribution < 1.29 is 5.11 Å². The molecule has 1 unspecified atom stereocenters. The van der Waals surface area contributed by atoms with Gasteiger partial charge in [-0.1, -0.05) is 43.1 Å². The van der Waals surface area contributed by atoms with Gasteiger partial charge < -0.3 is 10.4 Å². The van der Waals surface area contributed by atoms with E-state index in [2.05, 4.69) is 19.2 Å². The van der Waals surface area contributed by atoms with Gasteiger partial charge in [-0.25, -0.2) is 0 Å². The fraction of sp³-hybridized carbons (Fsp3) is 0.500. The monoisotopic (exact) mass is 261 g/mol. The van der Waals surface area contributed by atoms with Crippen LogP contribution < -0.4 is 5.32 Å². The Morgan fingerprint density at radius 3 is 2.56 bits per heavy atom. The van der Waals surface area contributed by atoms with Crippen LogP contribution in [0.5, 0.6) is 0 Å². The van der Waals surface area contributed by atoms with Crippen LogP contribution in [0, 0.1) is 11.8 Å². The Labute approximate surface area is 107 Å². The number of benzene rings is 1. The van der Waals surface area contributed by atoms with Gasteiger partial charge in [0, 0.05) is 19.1 Å². The number of aliphatic hydroxyl groups excluding tert-OH is 1. The van der Waals surface area contributed by atoms with Crippen LogP contribution in [-0.2, 0) is 0 Å². The smallest absolute Gasteiger partial charge is 0.0823 e. The van der Waals surface area contributed by atoms with E-state index in [1.54, 1.807) is 6.07 Å². The zero-order valence-corrected chi connectivity index (χ0v) is 11.0. The molecule has 1 rings (SSSR count). The third-order valence-electron chi connectivity index (χ3n) is 2.68. The van der Waals surface area contributed by atoms with Crippen molar-refractivity contribution in [2.45, 2.75) is 13.8 Å². The normalized spacial score (nSPS) is 12.9. The second-order valence-electron chi connectivity index (χ2n) is 4.17. The molecule has 0 aliphatic rings. The lowest BCUT2D eigenvalue weighted by Gasteiger charge is -2.19. The molecule has 16 heavy (non-hydrogen) atoms. The lowest BCUT2D eigenvalue weighted by Crippen LogP contribution is -2.23. The summed E-state index contributed by atoms with van der Waals surface area (Å²) >= 11 is 11.9. The van der Waals surface area contributed by atoms with Gasteiger partial charge in [0.05, 0.1) is 15.7 Å². The summed E-state index contributed by atoms with van der Waals surface area (Å²) in [4.78, 5) is 0. The van der Waals surface area contributed by atoms with Gasteiger partial charge in [-0.15, -0.1) is 0 Å². The Kier molecular flexibility index (Phi) is 5.39. The van der Waals surface area contributed by atoms with E-state index in [0.29, 0.717) is 22.5 Å². The SMILES string of the molecule is CC(C)C(CO)CNc1cccc(Cl)c1Cl. The Morgan fingerprint density at radius 2 is 2.00 bits per heavy atom. The fourth-order valence-corrected chi connectivity index (χ4v) is 1.76. The first-order valence-electron chi connectivity index (χ1n) is 5.35. The van der Waals surface area contributed by atoms with Gasteiger partial charge in [0.2, 0.25) is 0 Å². The third-order valence-corrected chi connectivity index (χ3v) is 3.50. The number of hydrogen-bond acceptors (Lipinski definition) is 2. The maximum absolute atomic E-state index is 9.20. The Hall–Kier alpha value is -0.440. The highest BCUT2D eigenvalue weighted by atomic mass is 35.5. The maximum atomic E-state index is 9.20. The molecule has 4 heteroatoms. The van der Waals surface area contributed by atoms with E-state index in [-0.39, 0.29) is 12.5 Å². The molecule has 0 aliphatic heterocycles. The van der Waals surface area contributed by atoms with E-state index in [4.69, 9.17) is 23.2 Å². The van der Waals surface area contributed by atoms with Gasteiger partial charge in [0.15, 0.2) is 0 Å². The number of hydrogen-bond donors (Lipinski definition) is 2. The molecule has 2 nitrogen and oxygen atoms in total. The van der Waals surface area contributed by atoms with Gasteiger partial charge in [-0.05, 0) is 18.1 Å². The molecule has 90 valence electrons. The average molecular weight is 262 g/mol. The first kappa shape index (κ1) is 13.6. The summed E-state index contributed by atoms with van der Waals surface area (Å²) in [7, 11) is 0. The van der Waals surface area contributed by atoms with E-state index in [0.717, 1.165) is 5.69 Å². The van der Waals surface area contributed by atoms with Crippen LogP contribution in [0.2, 0.25) is 10.0 Å². The molecule has 0 aromatic heterocycles. The van der Waals surface area contributed by atoms with Crippen LogP contribution in [0.15, 0.2) is 18.2 Å². The molecule has 2 N–H and O–H groups in total. The number of halogens is 2. The van der Waals surface area contributed by atoms with Crippen molar-refractivity contribution in [2.75, 3.05) is 18.5 Å². The van der Waals surface area contributed by atoms with Crippen molar-refractivity contribution in [3.05, 3.63) is 28.2 Å². The number of anilines is 1. The molecule has 0 amide bonds. The first-order valence-corrected chi connectivity index (χ1v) is 6.10. The lowest BCUT2D eigenvalue weighted by molar-refractivity contribution is 0.198. The second-order valence-corrected chi connectivity index (χ2v) is 4.95. The molecule has 0 fully saturated rings. The van der Waals surface area contributed by atoms with Crippen LogP contribution in [0.3, 0.4) is 0 Å². The van der Waals surface area contributed by atoms with Crippen LogP contribution in [0.25, 0.3) is 0 Å². The van der Waals surface area contributed by atoms with Crippen LogP contribution in [0.4, 0.5) is 5.69 Å². The highest BCUT2D eigenvalue weighted by Crippen LogP contribution is 2.29. The van der Waals surface area contributed by atoms with Gasteiger partial charge >= 0.3 is 0 Å². The Balaban J connectivity index is 2.64. The van der Waals surface area contributed by atoms with E-state index >= 15 is 0 Å². The van der Waals surface area contributed by atoms with Gasteiger partial charge in [-0.3, -0.25) is 0 Å². The van der Waals surface area contributed by atoms with Gasteiger partial charge in [-0.2, -0.15) is 0 Å². The van der Waals surface area contributed by atoms with Crippen LogP contribution in [0.1, 0.15) is 13.8 Å². The van der Waals surface area contributed by atoms with E-state index in [1.807, 2.05) is 12.1 Å². The summed E-state index contributed by atoms with van der Waals surface area (Å²) in [6.45, 7) is 5.03. The highest BCUT2D eigenvalue weighted by Gasteiger charge is 2.12. The maximum Gasteiger partial charge on any atom is 0.0823 e. The summed E-state index contributed by atoms with van der Waals surface area (Å²) in [6.07, 6.45) is 0. The average Bonchev–Trinajstić information content (AvgIpc) is 2.24. The first-order chi connectivity index (χ1) is 7.56. The van der Waals surface area contributed by atoms with Crippen molar-refractivity contribution in [2.24, 2.45) is 11.8 Å². The zero-order chi connectivity index (χ0) is 12.1. The second kappa shape index (κ2) is 6.33. The molecular weight excluding hydrogens is 245 g/mol. The number of nitrogens with one attached hydrogen (secondary N) is 1. The molecule has 0 aliphatic carbocycles. The largest absolute Gasteiger partial charge is 0.396 e. The van der Waals surface area contributed by atoms with Crippen molar-refractivity contribution >= 4 is 28.9 Å². The summed E-state index contributed by atoms with van der Waals surface area (Å²) in [6, 6.07) is 5.48. The molecule has 1 atom stereocenters. The molecule has 1 aromatic rings. The lowest BCUT2D eigenvalue weighted by atomic mass is 9.97. The van der Waals surface area contributed by atoms with Crippen molar-refractivity contribution in [3.8, 4) is 0 Å². The van der Waals surface area contributed by atoms with Crippen LogP contribution in [-0.4, -0.2) is 18.3 Å². The molecule has 0 heterocycles. The summed E-state index contributed by atoms with van der Waals surface area (Å²) in [5, 5.41) is 13.5. The summed E-state index contributed by atoms with van der Waals surface area (Å²) < 4.78 is 0. The zero-order valence-electron chi connectivity index (χ0n) is 9.50. The summed E-state index contributed by atoms with van der Waals surface area (Å²) in [5.74, 6) is 0.644. The van der Waals surface area contributed by atoms with E-state index in [9.17, 15) is 5.11 Å². The van der Waals surface area contributed by atoms with Crippen molar-refractivity contribution in [1.29, 1.82) is 0 Å². The fourth-order valence-electron chi connectivity index (χ4n) is 1.39. The minimum absolute atomic E-state index is 0.169. The van der Waals surface area contributed by atoms with E-state index in [1.165, 1.54) is 0 Å². The molecule has 0 saturated heterocycles. The van der Waals surface area contributed by atoms with Crippen molar-refractivity contribution in [1.82, 2.24) is 0 Å². The van der Waals surface area contributed by atoms with Gasteiger partial charge in [0.25, 0.3) is 0 Å². The van der Waals surface area contributed by atoms with Crippen LogP contribution >= 0.6 is 23.2 Å². The predicted octanol–water partition coefficient (Wildman–Crippen LogP) is 3.67. The quantitative estimate of drug-likeness (QED) is 0.848. The molecule has 0 spiro atoms. The van der Waals surface area contributed by atoms with Gasteiger partial charge in [0.1, 0.15) is 0 Å². The molecule has 0 saturated carbocycles. The topological polar surface area (TPSA) is 32.3 Å². The van der Waals surface area contributed by atoms with E-state index < -0.39 is 0 Å². The molecule has 1 aromatic carbocycles. The Morgan fingerprint density at radius 1 is 1.31 bits per heavy atom. The Bertz CT molecular complexity index is 342. The minimum Gasteiger partial charge on any atom is -0.396 e. The number of aliphatic hydroxyl groups is 1. The highest BCUT2D eigenvalue weighted by molar-refractivity contribution is 6.43. The third kappa shape index (κ3) is 3.55.